The smallest absolute Gasteiger partial charge is 0.253 e. The number of amides is 1. The second kappa shape index (κ2) is 5.22. The summed E-state index contributed by atoms with van der Waals surface area (Å²) in [6.45, 7) is 1.34. The largest absolute Gasteiger partial charge is 0.343 e. The molecule has 4 rings (SSSR count). The van der Waals surface area contributed by atoms with Crippen LogP contribution in [-0.2, 0) is 0 Å². The van der Waals surface area contributed by atoms with E-state index in [2.05, 4.69) is 15.1 Å². The summed E-state index contributed by atoms with van der Waals surface area (Å²) in [4.78, 5) is 22.8. The number of nitrogens with zero attached hydrogens (tertiary/aromatic N) is 4. The zero-order valence-electron chi connectivity index (χ0n) is 11.8. The molecule has 6 heteroatoms. The molecular formula is C16H14N4O2. The number of rotatable bonds is 2. The van der Waals surface area contributed by atoms with Gasteiger partial charge in [-0.1, -0.05) is 11.2 Å². The van der Waals surface area contributed by atoms with Gasteiger partial charge < -0.3 is 9.42 Å². The van der Waals surface area contributed by atoms with Gasteiger partial charge in [-0.15, -0.1) is 0 Å². The number of likely N-dealkylation sites (tertiary alicyclic amines) is 1. The van der Waals surface area contributed by atoms with Gasteiger partial charge in [0.25, 0.3) is 5.91 Å². The van der Waals surface area contributed by atoms with Crippen LogP contribution in [0.4, 0.5) is 0 Å². The molecule has 1 atom stereocenters. The predicted molar refractivity (Wildman–Crippen MR) is 79.3 cm³/mol. The fraction of sp³-hybridized carbons (Fsp3) is 0.250. The minimum absolute atomic E-state index is 0.0387. The molecule has 1 aromatic carbocycles. The van der Waals surface area contributed by atoms with Crippen molar-refractivity contribution in [1.82, 2.24) is 20.0 Å². The van der Waals surface area contributed by atoms with Crippen molar-refractivity contribution in [1.29, 1.82) is 0 Å². The van der Waals surface area contributed by atoms with Crippen LogP contribution in [0, 0.1) is 0 Å². The second-order valence-electron chi connectivity index (χ2n) is 5.44. The Morgan fingerprint density at radius 1 is 1.27 bits per heavy atom. The van der Waals surface area contributed by atoms with E-state index in [-0.39, 0.29) is 11.8 Å². The number of hydrogen-bond donors (Lipinski definition) is 0. The molecule has 1 aliphatic rings. The lowest BCUT2D eigenvalue weighted by Gasteiger charge is -2.16. The number of carbonyl (C=O) groups is 1. The average molecular weight is 294 g/mol. The maximum Gasteiger partial charge on any atom is 0.253 e. The first-order valence-electron chi connectivity index (χ1n) is 7.21. The molecule has 6 nitrogen and oxygen atoms in total. The minimum Gasteiger partial charge on any atom is -0.343 e. The van der Waals surface area contributed by atoms with Crippen molar-refractivity contribution < 1.29 is 9.32 Å². The molecule has 0 saturated carbocycles. The maximum absolute atomic E-state index is 12.6. The second-order valence-corrected chi connectivity index (χ2v) is 5.44. The molecule has 3 heterocycles. The van der Waals surface area contributed by atoms with Crippen LogP contribution >= 0.6 is 0 Å². The Morgan fingerprint density at radius 3 is 3.09 bits per heavy atom. The normalized spacial score (nSPS) is 18.0. The van der Waals surface area contributed by atoms with Gasteiger partial charge in [-0.3, -0.25) is 9.78 Å². The summed E-state index contributed by atoms with van der Waals surface area (Å²) in [5.74, 6) is 0.875. The molecule has 22 heavy (non-hydrogen) atoms. The first kappa shape index (κ1) is 12.9. The van der Waals surface area contributed by atoms with Gasteiger partial charge in [-0.2, -0.15) is 4.98 Å². The van der Waals surface area contributed by atoms with Crippen LogP contribution in [0.25, 0.3) is 10.9 Å². The molecule has 0 aliphatic carbocycles. The monoisotopic (exact) mass is 294 g/mol. The quantitative estimate of drug-likeness (QED) is 0.725. The first-order chi connectivity index (χ1) is 10.8. The van der Waals surface area contributed by atoms with Crippen molar-refractivity contribution in [2.45, 2.75) is 12.3 Å². The summed E-state index contributed by atoms with van der Waals surface area (Å²) >= 11 is 0. The van der Waals surface area contributed by atoms with Gasteiger partial charge in [0.1, 0.15) is 0 Å². The SMILES string of the molecule is O=C(c1ccc2ncccc2c1)N1CCC(c2ncon2)C1. The zero-order chi connectivity index (χ0) is 14.9. The minimum atomic E-state index is 0.0387. The number of carbonyl (C=O) groups excluding carboxylic acids is 1. The maximum atomic E-state index is 12.6. The van der Waals surface area contributed by atoms with E-state index < -0.39 is 0 Å². The van der Waals surface area contributed by atoms with Crippen molar-refractivity contribution in [3.8, 4) is 0 Å². The number of hydrogen-bond acceptors (Lipinski definition) is 5. The lowest BCUT2D eigenvalue weighted by Crippen LogP contribution is -2.28. The van der Waals surface area contributed by atoms with E-state index in [1.54, 1.807) is 6.20 Å². The van der Waals surface area contributed by atoms with Crippen LogP contribution in [0.3, 0.4) is 0 Å². The molecular weight excluding hydrogens is 280 g/mol. The molecule has 1 unspecified atom stereocenters. The summed E-state index contributed by atoms with van der Waals surface area (Å²) in [5, 5.41) is 4.85. The molecule has 0 spiro atoms. The van der Waals surface area contributed by atoms with Crippen LogP contribution in [0.15, 0.2) is 47.4 Å². The van der Waals surface area contributed by atoms with Crippen molar-refractivity contribution >= 4 is 16.8 Å². The summed E-state index contributed by atoms with van der Waals surface area (Å²) in [6, 6.07) is 9.45. The highest BCUT2D eigenvalue weighted by Gasteiger charge is 2.30. The Hall–Kier alpha value is -2.76. The molecule has 1 fully saturated rings. The molecule has 3 aromatic rings. The van der Waals surface area contributed by atoms with Crippen LogP contribution in [0.5, 0.6) is 0 Å². The van der Waals surface area contributed by atoms with E-state index in [1.807, 2.05) is 35.2 Å². The van der Waals surface area contributed by atoms with Crippen molar-refractivity contribution in [3.63, 3.8) is 0 Å². The van der Waals surface area contributed by atoms with Gasteiger partial charge in [-0.05, 0) is 30.7 Å². The Balaban J connectivity index is 1.56. The number of fused-ring (bicyclic) bond motifs is 1. The first-order valence-corrected chi connectivity index (χ1v) is 7.21. The van der Waals surface area contributed by atoms with Crippen molar-refractivity contribution in [2.24, 2.45) is 0 Å². The molecule has 110 valence electrons. The van der Waals surface area contributed by atoms with Gasteiger partial charge in [-0.25, -0.2) is 0 Å². The van der Waals surface area contributed by atoms with Crippen LogP contribution in [0.2, 0.25) is 0 Å². The zero-order valence-corrected chi connectivity index (χ0v) is 11.8. The molecule has 1 saturated heterocycles. The van der Waals surface area contributed by atoms with Crippen LogP contribution in [0.1, 0.15) is 28.5 Å². The number of benzene rings is 1. The molecule has 0 N–H and O–H groups in total. The molecule has 1 aliphatic heterocycles. The average Bonchev–Trinajstić information content (AvgIpc) is 3.24. The summed E-state index contributed by atoms with van der Waals surface area (Å²) < 4.78 is 4.78. The Morgan fingerprint density at radius 2 is 2.23 bits per heavy atom. The summed E-state index contributed by atoms with van der Waals surface area (Å²) in [6.07, 6.45) is 3.94. The van der Waals surface area contributed by atoms with Crippen LogP contribution in [-0.4, -0.2) is 39.0 Å². The highest BCUT2D eigenvalue weighted by molar-refractivity contribution is 5.98. The highest BCUT2D eigenvalue weighted by Crippen LogP contribution is 2.26. The Bertz CT molecular complexity index is 816. The lowest BCUT2D eigenvalue weighted by molar-refractivity contribution is 0.0790. The number of aromatic nitrogens is 3. The topological polar surface area (TPSA) is 72.1 Å². The standard InChI is InChI=1S/C16H14N4O2/c21-16(12-3-4-14-11(8-12)2-1-6-17-14)20-7-5-13(9-20)15-18-10-22-19-15/h1-4,6,8,10,13H,5,7,9H2. The number of pyridine rings is 1. The Labute approximate surface area is 126 Å². The van der Waals surface area contributed by atoms with Gasteiger partial charge >= 0.3 is 0 Å². The third-order valence-electron chi connectivity index (χ3n) is 4.07. The fourth-order valence-electron chi connectivity index (χ4n) is 2.91. The van der Waals surface area contributed by atoms with Gasteiger partial charge in [0.05, 0.1) is 5.52 Å². The van der Waals surface area contributed by atoms with E-state index in [0.29, 0.717) is 24.5 Å². The molecule has 1 amide bonds. The van der Waals surface area contributed by atoms with E-state index >= 15 is 0 Å². The van der Waals surface area contributed by atoms with Crippen LogP contribution < -0.4 is 0 Å². The summed E-state index contributed by atoms with van der Waals surface area (Å²) in [5.41, 5.74) is 1.58. The van der Waals surface area contributed by atoms with E-state index in [9.17, 15) is 4.79 Å². The highest BCUT2D eigenvalue weighted by atomic mass is 16.5. The predicted octanol–water partition coefficient (Wildman–Crippen LogP) is 2.25. The third-order valence-corrected chi connectivity index (χ3v) is 4.07. The summed E-state index contributed by atoms with van der Waals surface area (Å²) in [7, 11) is 0. The van der Waals surface area contributed by atoms with E-state index in [4.69, 9.17) is 4.52 Å². The molecule has 0 bridgehead atoms. The third kappa shape index (κ3) is 2.22. The Kier molecular flexibility index (Phi) is 3.07. The van der Waals surface area contributed by atoms with E-state index in [1.165, 1.54) is 6.39 Å². The molecule has 2 aromatic heterocycles. The fourth-order valence-corrected chi connectivity index (χ4v) is 2.91. The molecule has 0 radical (unpaired) electrons. The van der Waals surface area contributed by atoms with Crippen molar-refractivity contribution in [2.75, 3.05) is 13.1 Å². The van der Waals surface area contributed by atoms with Gasteiger partial charge in [0, 0.05) is 36.2 Å². The van der Waals surface area contributed by atoms with Gasteiger partial charge in [0.15, 0.2) is 5.82 Å². The van der Waals surface area contributed by atoms with Crippen molar-refractivity contribution in [3.05, 3.63) is 54.3 Å². The van der Waals surface area contributed by atoms with Gasteiger partial charge in [0.2, 0.25) is 6.39 Å². The lowest BCUT2D eigenvalue weighted by atomic mass is 10.1. The van der Waals surface area contributed by atoms with E-state index in [0.717, 1.165) is 17.3 Å².